The number of hydrogen-bond acceptors (Lipinski definition) is 0. The molecule has 0 fully saturated rings. The summed E-state index contributed by atoms with van der Waals surface area (Å²) in [7, 11) is 0. The number of halogens is 3. The molecule has 0 aromatic heterocycles. The minimum absolute atomic E-state index is 0.163. The van der Waals surface area contributed by atoms with Gasteiger partial charge in [0.1, 0.15) is 0 Å². The van der Waals surface area contributed by atoms with E-state index in [4.69, 9.17) is 23.2 Å². The highest BCUT2D eigenvalue weighted by molar-refractivity contribution is 9.09. The van der Waals surface area contributed by atoms with E-state index in [1.165, 1.54) is 11.1 Å². The van der Waals surface area contributed by atoms with Gasteiger partial charge in [0.2, 0.25) is 0 Å². The van der Waals surface area contributed by atoms with E-state index in [1.54, 1.807) is 0 Å². The molecule has 0 saturated heterocycles. The zero-order valence-corrected chi connectivity index (χ0v) is 12.4. The van der Waals surface area contributed by atoms with Crippen LogP contribution in [-0.4, -0.2) is 0 Å². The van der Waals surface area contributed by atoms with Gasteiger partial charge in [-0.05, 0) is 41.8 Å². The van der Waals surface area contributed by atoms with Crippen LogP contribution in [0.1, 0.15) is 21.5 Å². The first-order valence-electron chi connectivity index (χ1n) is 5.23. The number of benzene rings is 2. The van der Waals surface area contributed by atoms with Gasteiger partial charge in [-0.25, -0.2) is 0 Å². The van der Waals surface area contributed by atoms with Gasteiger partial charge in [-0.3, -0.25) is 0 Å². The molecule has 0 heterocycles. The largest absolute Gasteiger partial charge is 0.0843 e. The molecule has 2 aromatic carbocycles. The number of hydrogen-bond donors (Lipinski definition) is 0. The van der Waals surface area contributed by atoms with Crippen LogP contribution in [0.15, 0.2) is 42.5 Å². The fraction of sp³-hybridized carbons (Fsp3) is 0.143. The van der Waals surface area contributed by atoms with Gasteiger partial charge in [0, 0.05) is 10.0 Å². The number of rotatable bonds is 2. The van der Waals surface area contributed by atoms with Crippen LogP contribution in [0, 0.1) is 6.92 Å². The summed E-state index contributed by atoms with van der Waals surface area (Å²) in [6, 6.07) is 13.9. The highest BCUT2D eigenvalue weighted by Crippen LogP contribution is 2.33. The Kier molecular flexibility index (Phi) is 4.13. The first-order chi connectivity index (χ1) is 8.08. The van der Waals surface area contributed by atoms with Crippen LogP contribution in [0.25, 0.3) is 0 Å². The SMILES string of the molecule is Cc1cc(C(Br)c2ccc(Cl)cc2)ccc1Cl. The molecule has 0 amide bonds. The van der Waals surface area contributed by atoms with E-state index < -0.39 is 0 Å². The summed E-state index contributed by atoms with van der Waals surface area (Å²) >= 11 is 15.6. The Bertz CT molecular complexity index is 520. The predicted octanol–water partition coefficient (Wildman–Crippen LogP) is 5.79. The lowest BCUT2D eigenvalue weighted by Gasteiger charge is -2.12. The Balaban J connectivity index is 2.33. The summed E-state index contributed by atoms with van der Waals surface area (Å²) in [6.07, 6.45) is 0. The van der Waals surface area contributed by atoms with Gasteiger partial charge in [-0.2, -0.15) is 0 Å². The summed E-state index contributed by atoms with van der Waals surface area (Å²) in [5.74, 6) is 0. The Labute approximate surface area is 120 Å². The van der Waals surface area contributed by atoms with Gasteiger partial charge in [0.05, 0.1) is 4.83 Å². The first-order valence-corrected chi connectivity index (χ1v) is 6.90. The summed E-state index contributed by atoms with van der Waals surface area (Å²) < 4.78 is 0. The maximum absolute atomic E-state index is 6.02. The van der Waals surface area contributed by atoms with Crippen molar-refractivity contribution in [2.75, 3.05) is 0 Å². The molecule has 1 atom stereocenters. The lowest BCUT2D eigenvalue weighted by atomic mass is 10.0. The smallest absolute Gasteiger partial charge is 0.0644 e. The zero-order chi connectivity index (χ0) is 12.4. The molecule has 2 aromatic rings. The highest BCUT2D eigenvalue weighted by Gasteiger charge is 2.10. The molecular weight excluding hydrogens is 319 g/mol. The van der Waals surface area contributed by atoms with Crippen molar-refractivity contribution in [3.05, 3.63) is 69.2 Å². The van der Waals surface area contributed by atoms with Crippen LogP contribution >= 0.6 is 39.1 Å². The van der Waals surface area contributed by atoms with Gasteiger partial charge in [0.25, 0.3) is 0 Å². The van der Waals surface area contributed by atoms with Crippen LogP contribution < -0.4 is 0 Å². The Morgan fingerprint density at radius 1 is 0.941 bits per heavy atom. The molecule has 0 bridgehead atoms. The molecule has 1 unspecified atom stereocenters. The molecule has 0 N–H and O–H groups in total. The van der Waals surface area contributed by atoms with Crippen LogP contribution in [0.2, 0.25) is 10.0 Å². The van der Waals surface area contributed by atoms with Gasteiger partial charge in [-0.1, -0.05) is 63.4 Å². The monoisotopic (exact) mass is 328 g/mol. The maximum Gasteiger partial charge on any atom is 0.0644 e. The second-order valence-corrected chi connectivity index (χ2v) is 5.68. The molecule has 0 aliphatic carbocycles. The molecular formula is C14H11BrCl2. The molecule has 17 heavy (non-hydrogen) atoms. The third-order valence-electron chi connectivity index (χ3n) is 2.64. The number of aryl methyl sites for hydroxylation is 1. The van der Waals surface area contributed by atoms with Crippen molar-refractivity contribution in [1.82, 2.24) is 0 Å². The minimum atomic E-state index is 0.163. The third kappa shape index (κ3) is 3.04. The molecule has 0 saturated carbocycles. The zero-order valence-electron chi connectivity index (χ0n) is 9.25. The van der Waals surface area contributed by atoms with E-state index in [2.05, 4.69) is 22.0 Å². The fourth-order valence-electron chi connectivity index (χ4n) is 1.65. The van der Waals surface area contributed by atoms with Crippen molar-refractivity contribution < 1.29 is 0 Å². The Morgan fingerprint density at radius 2 is 1.53 bits per heavy atom. The average molecular weight is 330 g/mol. The molecule has 2 rings (SSSR count). The fourth-order valence-corrected chi connectivity index (χ4v) is 2.48. The summed E-state index contributed by atoms with van der Waals surface area (Å²) in [6.45, 7) is 2.01. The number of alkyl halides is 1. The van der Waals surface area contributed by atoms with Gasteiger partial charge < -0.3 is 0 Å². The molecule has 88 valence electrons. The quantitative estimate of drug-likeness (QED) is 0.612. The lowest BCUT2D eigenvalue weighted by Crippen LogP contribution is -1.93. The van der Waals surface area contributed by atoms with Gasteiger partial charge >= 0.3 is 0 Å². The molecule has 0 aliphatic rings. The Morgan fingerprint density at radius 3 is 2.12 bits per heavy atom. The Hall–Kier alpha value is -0.500. The summed E-state index contributed by atoms with van der Waals surface area (Å²) in [5.41, 5.74) is 3.45. The predicted molar refractivity (Wildman–Crippen MR) is 78.4 cm³/mol. The van der Waals surface area contributed by atoms with Crippen LogP contribution in [-0.2, 0) is 0 Å². The first kappa shape index (κ1) is 12.9. The van der Waals surface area contributed by atoms with Crippen molar-refractivity contribution in [3.8, 4) is 0 Å². The average Bonchev–Trinajstić information content (AvgIpc) is 2.33. The molecule has 0 radical (unpaired) electrons. The second kappa shape index (κ2) is 5.43. The van der Waals surface area contributed by atoms with Crippen molar-refractivity contribution in [1.29, 1.82) is 0 Å². The lowest BCUT2D eigenvalue weighted by molar-refractivity contribution is 1.17. The standard InChI is InChI=1S/C14H11BrCl2/c1-9-8-11(4-7-13(9)17)14(15)10-2-5-12(16)6-3-10/h2-8,14H,1H3. The molecule has 0 nitrogen and oxygen atoms in total. The van der Waals surface area contributed by atoms with Crippen molar-refractivity contribution in [2.24, 2.45) is 0 Å². The van der Waals surface area contributed by atoms with E-state index in [0.29, 0.717) is 0 Å². The summed E-state index contributed by atoms with van der Waals surface area (Å²) in [5, 5.41) is 1.55. The van der Waals surface area contributed by atoms with Crippen LogP contribution in [0.3, 0.4) is 0 Å². The van der Waals surface area contributed by atoms with E-state index in [9.17, 15) is 0 Å². The van der Waals surface area contributed by atoms with E-state index in [1.807, 2.05) is 43.3 Å². The minimum Gasteiger partial charge on any atom is -0.0843 e. The van der Waals surface area contributed by atoms with Crippen molar-refractivity contribution >= 4 is 39.1 Å². The van der Waals surface area contributed by atoms with E-state index in [0.717, 1.165) is 15.6 Å². The van der Waals surface area contributed by atoms with Crippen LogP contribution in [0.5, 0.6) is 0 Å². The van der Waals surface area contributed by atoms with Gasteiger partial charge in [0.15, 0.2) is 0 Å². The van der Waals surface area contributed by atoms with Crippen molar-refractivity contribution in [3.63, 3.8) is 0 Å². The normalized spacial score (nSPS) is 12.5. The third-order valence-corrected chi connectivity index (χ3v) is 4.37. The van der Waals surface area contributed by atoms with Crippen molar-refractivity contribution in [2.45, 2.75) is 11.8 Å². The van der Waals surface area contributed by atoms with E-state index in [-0.39, 0.29) is 4.83 Å². The molecule has 3 heteroatoms. The highest BCUT2D eigenvalue weighted by atomic mass is 79.9. The maximum atomic E-state index is 6.02. The topological polar surface area (TPSA) is 0 Å². The molecule has 0 aliphatic heterocycles. The van der Waals surface area contributed by atoms with Crippen LogP contribution in [0.4, 0.5) is 0 Å². The van der Waals surface area contributed by atoms with E-state index >= 15 is 0 Å². The molecule has 0 spiro atoms. The second-order valence-electron chi connectivity index (χ2n) is 3.92. The summed E-state index contributed by atoms with van der Waals surface area (Å²) in [4.78, 5) is 0.163. The van der Waals surface area contributed by atoms with Gasteiger partial charge in [-0.15, -0.1) is 0 Å².